The van der Waals surface area contributed by atoms with Crippen LogP contribution in [0.4, 0.5) is 14.6 Å². The molecule has 0 aliphatic carbocycles. The minimum absolute atomic E-state index is 0.166. The predicted octanol–water partition coefficient (Wildman–Crippen LogP) is 0.863. The van der Waals surface area contributed by atoms with Crippen LogP contribution in [0.2, 0.25) is 0 Å². The topological polar surface area (TPSA) is 51.7 Å². The first-order valence-electron chi connectivity index (χ1n) is 8.81. The number of alkyl halides is 2. The second-order valence-electron chi connectivity index (χ2n) is 7.10. The molecule has 0 spiro atoms. The lowest BCUT2D eigenvalue weighted by Gasteiger charge is -2.38. The van der Waals surface area contributed by atoms with Gasteiger partial charge < -0.3 is 15.1 Å². The van der Waals surface area contributed by atoms with Crippen molar-refractivity contribution < 1.29 is 13.6 Å². The zero-order valence-corrected chi connectivity index (χ0v) is 14.9. The van der Waals surface area contributed by atoms with Crippen molar-refractivity contribution in [2.45, 2.75) is 30.8 Å². The summed E-state index contributed by atoms with van der Waals surface area (Å²) in [4.78, 5) is 18.5. The summed E-state index contributed by atoms with van der Waals surface area (Å²) < 4.78 is 31.0. The standard InChI is InChI=1S/C16H23F2N5OS/c17-16(18)2-3-23(11-16)15(24)13-9-12(10-19-13)21-4-6-22(7-5-21)14-1-8-25-20-14/h1,8,12-13,19H,2-7,9-11H2/t12-,13-/m0/s1. The Hall–Kier alpha value is -1.32. The van der Waals surface area contributed by atoms with Crippen LogP contribution in [0.5, 0.6) is 0 Å². The molecule has 1 N–H and O–H groups in total. The Bertz CT molecular complexity index is 606. The summed E-state index contributed by atoms with van der Waals surface area (Å²) in [7, 11) is 0. The maximum Gasteiger partial charge on any atom is 0.267 e. The smallest absolute Gasteiger partial charge is 0.267 e. The van der Waals surface area contributed by atoms with Crippen molar-refractivity contribution >= 4 is 23.3 Å². The molecule has 3 aliphatic rings. The fourth-order valence-electron chi connectivity index (χ4n) is 4.01. The Morgan fingerprint density at radius 2 is 2.08 bits per heavy atom. The van der Waals surface area contributed by atoms with Crippen LogP contribution in [-0.4, -0.2) is 83.9 Å². The number of likely N-dealkylation sites (tertiary alicyclic amines) is 1. The van der Waals surface area contributed by atoms with Crippen LogP contribution < -0.4 is 10.2 Å². The summed E-state index contributed by atoms with van der Waals surface area (Å²) in [5, 5.41) is 5.23. The number of rotatable bonds is 3. The van der Waals surface area contributed by atoms with Gasteiger partial charge in [0.25, 0.3) is 5.92 Å². The number of aromatic nitrogens is 1. The number of hydrogen-bond acceptors (Lipinski definition) is 6. The highest BCUT2D eigenvalue weighted by atomic mass is 32.1. The minimum atomic E-state index is -2.72. The SMILES string of the molecule is O=C([C@@H]1C[C@H](N2CCN(c3ccsn3)CC2)CN1)N1CCC(F)(F)C1. The molecule has 0 aromatic carbocycles. The van der Waals surface area contributed by atoms with Gasteiger partial charge in [-0.3, -0.25) is 9.69 Å². The van der Waals surface area contributed by atoms with Crippen LogP contribution in [0, 0.1) is 0 Å². The van der Waals surface area contributed by atoms with E-state index in [1.165, 1.54) is 16.4 Å². The Balaban J connectivity index is 1.28. The fourth-order valence-corrected chi connectivity index (χ4v) is 4.54. The first kappa shape index (κ1) is 17.1. The van der Waals surface area contributed by atoms with E-state index in [0.717, 1.165) is 38.5 Å². The first-order chi connectivity index (χ1) is 12.0. The van der Waals surface area contributed by atoms with Gasteiger partial charge in [0.1, 0.15) is 5.82 Å². The van der Waals surface area contributed by atoms with Crippen LogP contribution in [0.3, 0.4) is 0 Å². The van der Waals surface area contributed by atoms with Crippen molar-refractivity contribution in [1.29, 1.82) is 0 Å². The molecule has 1 amide bonds. The number of nitrogens with one attached hydrogen (secondary N) is 1. The van der Waals surface area contributed by atoms with Gasteiger partial charge in [-0.15, -0.1) is 0 Å². The number of nitrogens with zero attached hydrogens (tertiary/aromatic N) is 4. The minimum Gasteiger partial charge on any atom is -0.353 e. The van der Waals surface area contributed by atoms with Gasteiger partial charge in [-0.1, -0.05) is 0 Å². The molecular weight excluding hydrogens is 348 g/mol. The van der Waals surface area contributed by atoms with E-state index in [0.29, 0.717) is 12.5 Å². The second kappa shape index (κ2) is 6.77. The Labute approximate surface area is 149 Å². The fraction of sp³-hybridized carbons (Fsp3) is 0.750. The number of amides is 1. The van der Waals surface area contributed by atoms with Crippen LogP contribution in [0.15, 0.2) is 11.4 Å². The van der Waals surface area contributed by atoms with Gasteiger partial charge in [0, 0.05) is 57.1 Å². The molecule has 1 aromatic rings. The number of halogens is 2. The molecule has 3 saturated heterocycles. The van der Waals surface area contributed by atoms with Crippen molar-refractivity contribution in [3.63, 3.8) is 0 Å². The molecule has 0 saturated carbocycles. The zero-order chi connectivity index (χ0) is 17.4. The lowest BCUT2D eigenvalue weighted by atomic mass is 10.1. The maximum atomic E-state index is 13.3. The van der Waals surface area contributed by atoms with E-state index >= 15 is 0 Å². The Morgan fingerprint density at radius 1 is 1.28 bits per heavy atom. The van der Waals surface area contributed by atoms with Gasteiger partial charge in [0.15, 0.2) is 0 Å². The van der Waals surface area contributed by atoms with Crippen molar-refractivity contribution in [3.05, 3.63) is 11.4 Å². The number of carbonyl (C=O) groups is 1. The van der Waals surface area contributed by atoms with Crippen molar-refractivity contribution in [3.8, 4) is 0 Å². The molecular formula is C16H23F2N5OS. The van der Waals surface area contributed by atoms with Gasteiger partial charge in [0.05, 0.1) is 12.6 Å². The molecule has 0 radical (unpaired) electrons. The highest BCUT2D eigenvalue weighted by molar-refractivity contribution is 7.03. The average Bonchev–Trinajstić information content (AvgIpc) is 3.35. The lowest BCUT2D eigenvalue weighted by molar-refractivity contribution is -0.133. The third-order valence-electron chi connectivity index (χ3n) is 5.47. The lowest BCUT2D eigenvalue weighted by Crippen LogP contribution is -2.51. The molecule has 138 valence electrons. The second-order valence-corrected chi connectivity index (χ2v) is 7.76. The largest absolute Gasteiger partial charge is 0.353 e. The first-order valence-corrected chi connectivity index (χ1v) is 9.65. The number of anilines is 1. The highest BCUT2D eigenvalue weighted by Gasteiger charge is 2.43. The molecule has 25 heavy (non-hydrogen) atoms. The van der Waals surface area contributed by atoms with E-state index in [4.69, 9.17) is 0 Å². The zero-order valence-electron chi connectivity index (χ0n) is 14.0. The highest BCUT2D eigenvalue weighted by Crippen LogP contribution is 2.28. The van der Waals surface area contributed by atoms with Gasteiger partial charge in [-0.05, 0) is 24.0 Å². The molecule has 1 aromatic heterocycles. The van der Waals surface area contributed by atoms with Crippen LogP contribution >= 0.6 is 11.5 Å². The maximum absolute atomic E-state index is 13.3. The third kappa shape index (κ3) is 3.63. The summed E-state index contributed by atoms with van der Waals surface area (Å²) in [6.07, 6.45) is 0.491. The number of hydrogen-bond donors (Lipinski definition) is 1. The van der Waals surface area contributed by atoms with Gasteiger partial charge in [0.2, 0.25) is 5.91 Å². The number of piperazine rings is 1. The molecule has 2 atom stereocenters. The summed E-state index contributed by atoms with van der Waals surface area (Å²) in [5.74, 6) is -1.85. The van der Waals surface area contributed by atoms with Crippen molar-refractivity contribution in [2.24, 2.45) is 0 Å². The van der Waals surface area contributed by atoms with Gasteiger partial charge in [-0.2, -0.15) is 4.37 Å². The summed E-state index contributed by atoms with van der Waals surface area (Å²) >= 11 is 1.46. The van der Waals surface area contributed by atoms with E-state index in [1.54, 1.807) is 0 Å². The normalized spacial score (nSPS) is 30.2. The summed E-state index contributed by atoms with van der Waals surface area (Å²) in [6, 6.07) is 2.02. The van der Waals surface area contributed by atoms with E-state index in [2.05, 4.69) is 19.5 Å². The number of carbonyl (C=O) groups excluding carboxylic acids is 1. The predicted molar refractivity (Wildman–Crippen MR) is 92.2 cm³/mol. The van der Waals surface area contributed by atoms with E-state index in [9.17, 15) is 13.6 Å². The van der Waals surface area contributed by atoms with E-state index < -0.39 is 12.5 Å². The Kier molecular flexibility index (Phi) is 4.63. The average molecular weight is 371 g/mol. The molecule has 6 nitrogen and oxygen atoms in total. The van der Waals surface area contributed by atoms with Crippen LogP contribution in [0.25, 0.3) is 0 Å². The van der Waals surface area contributed by atoms with E-state index in [1.807, 2.05) is 11.4 Å². The summed E-state index contributed by atoms with van der Waals surface area (Å²) in [5.41, 5.74) is 0. The van der Waals surface area contributed by atoms with Crippen LogP contribution in [-0.2, 0) is 4.79 Å². The summed E-state index contributed by atoms with van der Waals surface area (Å²) in [6.45, 7) is 4.22. The molecule has 9 heteroatoms. The van der Waals surface area contributed by atoms with Gasteiger partial charge >= 0.3 is 0 Å². The molecule has 4 rings (SSSR count). The van der Waals surface area contributed by atoms with Crippen LogP contribution in [0.1, 0.15) is 12.8 Å². The van der Waals surface area contributed by atoms with Crippen molar-refractivity contribution in [2.75, 3.05) is 50.7 Å². The quantitative estimate of drug-likeness (QED) is 0.854. The van der Waals surface area contributed by atoms with Gasteiger partial charge in [-0.25, -0.2) is 8.78 Å². The molecule has 3 fully saturated rings. The third-order valence-corrected chi connectivity index (χ3v) is 6.02. The molecule has 4 heterocycles. The van der Waals surface area contributed by atoms with Crippen molar-refractivity contribution in [1.82, 2.24) is 19.5 Å². The molecule has 0 bridgehead atoms. The Morgan fingerprint density at radius 3 is 2.72 bits per heavy atom. The van der Waals surface area contributed by atoms with E-state index in [-0.39, 0.29) is 24.9 Å². The molecule has 0 unspecified atom stereocenters. The monoisotopic (exact) mass is 371 g/mol. The molecule has 3 aliphatic heterocycles.